The lowest BCUT2D eigenvalue weighted by Crippen LogP contribution is -2.44. The molecule has 6 N–H and O–H groups in total. The summed E-state index contributed by atoms with van der Waals surface area (Å²) >= 11 is 0. The van der Waals surface area contributed by atoms with E-state index in [-0.39, 0.29) is 19.6 Å². The molecule has 0 saturated heterocycles. The molecular formula is C8H15N3O5. The molecule has 0 aromatic carbocycles. The molecule has 8 heteroatoms. The van der Waals surface area contributed by atoms with Gasteiger partial charge in [0.1, 0.15) is 6.61 Å². The Morgan fingerprint density at radius 2 is 2.00 bits per heavy atom. The van der Waals surface area contributed by atoms with Gasteiger partial charge in [-0.25, -0.2) is 4.79 Å². The average Bonchev–Trinajstić information content (AvgIpc) is 2.15. The van der Waals surface area contributed by atoms with Crippen LogP contribution in [0.2, 0.25) is 0 Å². The van der Waals surface area contributed by atoms with Crippen molar-refractivity contribution in [3.8, 4) is 0 Å². The normalized spacial score (nSPS) is 11.8. The van der Waals surface area contributed by atoms with Gasteiger partial charge in [-0.1, -0.05) is 0 Å². The maximum atomic E-state index is 11.2. The van der Waals surface area contributed by atoms with Crippen molar-refractivity contribution in [3.05, 3.63) is 0 Å². The largest absolute Gasteiger partial charge is 0.480 e. The van der Waals surface area contributed by atoms with Crippen LogP contribution in [0.1, 0.15) is 6.42 Å². The van der Waals surface area contributed by atoms with E-state index in [9.17, 15) is 14.4 Å². The lowest BCUT2D eigenvalue weighted by molar-refractivity contribution is -0.142. The van der Waals surface area contributed by atoms with Crippen molar-refractivity contribution in [1.29, 1.82) is 0 Å². The maximum absolute atomic E-state index is 11.2. The summed E-state index contributed by atoms with van der Waals surface area (Å²) in [5.74, 6) is -2.28. The number of ether oxygens (including phenoxy) is 1. The Kier molecular flexibility index (Phi) is 6.81. The van der Waals surface area contributed by atoms with E-state index in [0.717, 1.165) is 0 Å². The zero-order valence-electron chi connectivity index (χ0n) is 8.64. The summed E-state index contributed by atoms with van der Waals surface area (Å²) in [5.41, 5.74) is 10.2. The standard InChI is InChI=1S/C8H15N3O5/c9-5(3-6(10)12)8(15)11-1-2-16-4-7(13)14/h5H,1-4,9H2,(H2,10,12)(H,11,15)(H,13,14). The van der Waals surface area contributed by atoms with E-state index in [2.05, 4.69) is 10.1 Å². The fraction of sp³-hybridized carbons (Fsp3) is 0.625. The molecule has 92 valence electrons. The van der Waals surface area contributed by atoms with Crippen LogP contribution in [-0.4, -0.2) is 48.7 Å². The molecule has 0 fully saturated rings. The second kappa shape index (κ2) is 7.60. The van der Waals surface area contributed by atoms with Gasteiger partial charge in [-0.2, -0.15) is 0 Å². The van der Waals surface area contributed by atoms with Crippen molar-refractivity contribution < 1.29 is 24.2 Å². The predicted molar refractivity (Wildman–Crippen MR) is 53.3 cm³/mol. The van der Waals surface area contributed by atoms with Crippen LogP contribution in [0.5, 0.6) is 0 Å². The molecule has 0 spiro atoms. The first-order chi connectivity index (χ1) is 7.43. The van der Waals surface area contributed by atoms with Gasteiger partial charge in [0.15, 0.2) is 0 Å². The summed E-state index contributed by atoms with van der Waals surface area (Å²) < 4.78 is 4.66. The quantitative estimate of drug-likeness (QED) is 0.338. The second-order valence-electron chi connectivity index (χ2n) is 3.01. The minimum Gasteiger partial charge on any atom is -0.480 e. The van der Waals surface area contributed by atoms with E-state index in [0.29, 0.717) is 0 Å². The average molecular weight is 233 g/mol. The second-order valence-corrected chi connectivity index (χ2v) is 3.01. The Morgan fingerprint density at radius 3 is 2.50 bits per heavy atom. The van der Waals surface area contributed by atoms with Gasteiger partial charge >= 0.3 is 5.97 Å². The highest BCUT2D eigenvalue weighted by molar-refractivity contribution is 5.87. The maximum Gasteiger partial charge on any atom is 0.329 e. The van der Waals surface area contributed by atoms with E-state index >= 15 is 0 Å². The highest BCUT2D eigenvalue weighted by atomic mass is 16.5. The van der Waals surface area contributed by atoms with Crippen LogP contribution >= 0.6 is 0 Å². The summed E-state index contributed by atoms with van der Waals surface area (Å²) in [6.07, 6.45) is -0.234. The van der Waals surface area contributed by atoms with Gasteiger partial charge in [0, 0.05) is 6.54 Å². The molecule has 0 heterocycles. The van der Waals surface area contributed by atoms with Gasteiger partial charge in [0.05, 0.1) is 19.1 Å². The van der Waals surface area contributed by atoms with Crippen LogP contribution < -0.4 is 16.8 Å². The molecule has 0 aliphatic heterocycles. The Hall–Kier alpha value is -1.67. The van der Waals surface area contributed by atoms with Gasteiger partial charge in [-0.3, -0.25) is 9.59 Å². The van der Waals surface area contributed by atoms with Crippen molar-refractivity contribution in [3.63, 3.8) is 0 Å². The molecule has 16 heavy (non-hydrogen) atoms. The van der Waals surface area contributed by atoms with Crippen LogP contribution in [0.4, 0.5) is 0 Å². The number of nitrogens with one attached hydrogen (secondary N) is 1. The highest BCUT2D eigenvalue weighted by Crippen LogP contribution is 1.86. The van der Waals surface area contributed by atoms with Crippen molar-refractivity contribution >= 4 is 17.8 Å². The third-order valence-electron chi connectivity index (χ3n) is 1.53. The van der Waals surface area contributed by atoms with Crippen LogP contribution in [0.15, 0.2) is 0 Å². The van der Waals surface area contributed by atoms with Crippen LogP contribution in [-0.2, 0) is 19.1 Å². The topological polar surface area (TPSA) is 145 Å². The number of hydrogen-bond donors (Lipinski definition) is 4. The molecule has 0 saturated carbocycles. The minimum atomic E-state index is -1.09. The smallest absolute Gasteiger partial charge is 0.329 e. The summed E-state index contributed by atoms with van der Waals surface area (Å²) in [7, 11) is 0. The number of rotatable bonds is 8. The first-order valence-corrected chi connectivity index (χ1v) is 4.54. The molecule has 8 nitrogen and oxygen atoms in total. The molecule has 0 radical (unpaired) electrons. The molecule has 0 bridgehead atoms. The third-order valence-corrected chi connectivity index (χ3v) is 1.53. The van der Waals surface area contributed by atoms with Crippen LogP contribution in [0, 0.1) is 0 Å². The Bertz CT molecular complexity index is 268. The van der Waals surface area contributed by atoms with Crippen molar-refractivity contribution in [2.75, 3.05) is 19.8 Å². The van der Waals surface area contributed by atoms with E-state index in [1.807, 2.05) is 0 Å². The number of aliphatic carboxylic acids is 1. The Morgan fingerprint density at radius 1 is 1.38 bits per heavy atom. The van der Waals surface area contributed by atoms with Gasteiger partial charge in [0.25, 0.3) is 0 Å². The number of hydrogen-bond acceptors (Lipinski definition) is 5. The summed E-state index contributed by atoms with van der Waals surface area (Å²) in [6, 6.07) is -0.989. The van der Waals surface area contributed by atoms with Crippen molar-refractivity contribution in [2.45, 2.75) is 12.5 Å². The van der Waals surface area contributed by atoms with Crippen molar-refractivity contribution in [1.82, 2.24) is 5.32 Å². The molecule has 0 aliphatic rings. The van der Waals surface area contributed by atoms with Crippen LogP contribution in [0.3, 0.4) is 0 Å². The lowest BCUT2D eigenvalue weighted by Gasteiger charge is -2.10. The van der Waals surface area contributed by atoms with Gasteiger partial charge in [0.2, 0.25) is 11.8 Å². The monoisotopic (exact) mass is 233 g/mol. The number of carboxylic acids is 1. The zero-order valence-corrected chi connectivity index (χ0v) is 8.64. The van der Waals surface area contributed by atoms with Gasteiger partial charge in [-0.15, -0.1) is 0 Å². The predicted octanol–water partition coefficient (Wildman–Crippen LogP) is -2.59. The number of amides is 2. The summed E-state index contributed by atoms with van der Waals surface area (Å²) in [4.78, 5) is 31.6. The Labute approximate surface area is 91.9 Å². The number of carbonyl (C=O) groups is 3. The minimum absolute atomic E-state index is 0.0569. The van der Waals surface area contributed by atoms with Crippen LogP contribution in [0.25, 0.3) is 0 Å². The molecular weight excluding hydrogens is 218 g/mol. The first kappa shape index (κ1) is 14.3. The molecule has 0 rings (SSSR count). The zero-order chi connectivity index (χ0) is 12.6. The van der Waals surface area contributed by atoms with Gasteiger partial charge in [-0.05, 0) is 0 Å². The fourth-order valence-corrected chi connectivity index (χ4v) is 0.846. The molecule has 2 amide bonds. The lowest BCUT2D eigenvalue weighted by atomic mass is 10.2. The van der Waals surface area contributed by atoms with E-state index < -0.39 is 30.4 Å². The fourth-order valence-electron chi connectivity index (χ4n) is 0.846. The molecule has 1 atom stereocenters. The number of primary amides is 1. The third kappa shape index (κ3) is 7.71. The van der Waals surface area contributed by atoms with Gasteiger partial charge < -0.3 is 26.6 Å². The summed E-state index contributed by atoms with van der Waals surface area (Å²) in [5, 5.41) is 10.6. The molecule has 0 aromatic rings. The first-order valence-electron chi connectivity index (χ1n) is 4.54. The Balaban J connectivity index is 3.57. The van der Waals surface area contributed by atoms with E-state index in [1.165, 1.54) is 0 Å². The molecule has 0 aliphatic carbocycles. The van der Waals surface area contributed by atoms with Crippen molar-refractivity contribution in [2.24, 2.45) is 11.5 Å². The SMILES string of the molecule is NC(=O)CC(N)C(=O)NCCOCC(=O)O. The summed E-state index contributed by atoms with van der Waals surface area (Å²) in [6.45, 7) is -0.247. The van der Waals surface area contributed by atoms with E-state index in [4.69, 9.17) is 16.6 Å². The number of nitrogens with two attached hydrogens (primary N) is 2. The molecule has 0 aromatic heterocycles. The molecule has 1 unspecified atom stereocenters. The number of carbonyl (C=O) groups excluding carboxylic acids is 2. The highest BCUT2D eigenvalue weighted by Gasteiger charge is 2.14. The van der Waals surface area contributed by atoms with E-state index in [1.54, 1.807) is 0 Å². The number of carboxylic acid groups (broad SMARTS) is 1.